The van der Waals surface area contributed by atoms with E-state index in [-0.39, 0.29) is 17.6 Å². The van der Waals surface area contributed by atoms with Gasteiger partial charge in [0.2, 0.25) is 0 Å². The number of benzene rings is 3. The first-order valence-corrected chi connectivity index (χ1v) is 9.13. The van der Waals surface area contributed by atoms with Gasteiger partial charge in [0.05, 0.1) is 0 Å². The summed E-state index contributed by atoms with van der Waals surface area (Å²) >= 11 is 0. The van der Waals surface area contributed by atoms with Crippen molar-refractivity contribution in [3.05, 3.63) is 101 Å². The van der Waals surface area contributed by atoms with Crippen molar-refractivity contribution >= 4 is 17.5 Å². The van der Waals surface area contributed by atoms with E-state index in [0.717, 1.165) is 17.5 Å². The molecule has 0 radical (unpaired) electrons. The van der Waals surface area contributed by atoms with E-state index < -0.39 is 0 Å². The van der Waals surface area contributed by atoms with Crippen LogP contribution in [0.2, 0.25) is 0 Å². The van der Waals surface area contributed by atoms with E-state index in [1.807, 2.05) is 41.3 Å². The number of halogens is 1. The van der Waals surface area contributed by atoms with Crippen molar-refractivity contribution in [3.8, 4) is 0 Å². The van der Waals surface area contributed by atoms with Crippen molar-refractivity contribution in [2.75, 3.05) is 11.9 Å². The Morgan fingerprint density at radius 1 is 1.00 bits per heavy atom. The van der Waals surface area contributed by atoms with Crippen LogP contribution >= 0.6 is 0 Å². The first kappa shape index (κ1) is 17.9. The molecule has 5 heteroatoms. The molecule has 3 aromatic carbocycles. The third-order valence-corrected chi connectivity index (χ3v) is 4.85. The number of amides is 2. The lowest BCUT2D eigenvalue weighted by molar-refractivity contribution is 0.0727. The summed E-state index contributed by atoms with van der Waals surface area (Å²) < 4.78 is 13.0. The van der Waals surface area contributed by atoms with E-state index in [2.05, 4.69) is 5.32 Å². The number of fused-ring (bicyclic) bond motifs is 1. The third-order valence-electron chi connectivity index (χ3n) is 4.85. The zero-order valence-electron chi connectivity index (χ0n) is 15.2. The van der Waals surface area contributed by atoms with Crippen molar-refractivity contribution < 1.29 is 14.0 Å². The number of nitrogens with one attached hydrogen (secondary N) is 1. The molecular formula is C23H19FN2O2. The summed E-state index contributed by atoms with van der Waals surface area (Å²) in [5, 5.41) is 2.81. The van der Waals surface area contributed by atoms with Gasteiger partial charge in [-0.3, -0.25) is 9.59 Å². The number of hydrogen-bond donors (Lipinski definition) is 1. The quantitative estimate of drug-likeness (QED) is 0.741. The number of nitrogens with zero attached hydrogens (tertiary/aromatic N) is 1. The Kier molecular flexibility index (Phi) is 4.89. The van der Waals surface area contributed by atoms with Gasteiger partial charge in [0.25, 0.3) is 11.8 Å². The topological polar surface area (TPSA) is 49.4 Å². The average Bonchev–Trinajstić information content (AvgIpc) is 2.71. The summed E-state index contributed by atoms with van der Waals surface area (Å²) in [5.74, 6) is -0.696. The molecule has 4 rings (SSSR count). The van der Waals surface area contributed by atoms with Gasteiger partial charge < -0.3 is 10.2 Å². The summed E-state index contributed by atoms with van der Waals surface area (Å²) in [6.45, 7) is 1.22. The van der Waals surface area contributed by atoms with Crippen LogP contribution in [0.15, 0.2) is 72.8 Å². The summed E-state index contributed by atoms with van der Waals surface area (Å²) in [5.41, 5.74) is 3.69. The van der Waals surface area contributed by atoms with E-state index >= 15 is 0 Å². The Hall–Kier alpha value is -3.47. The number of anilines is 1. The molecule has 1 aliphatic heterocycles. The summed E-state index contributed by atoms with van der Waals surface area (Å²) in [4.78, 5) is 27.0. The number of rotatable bonds is 4. The summed E-state index contributed by atoms with van der Waals surface area (Å²) in [7, 11) is 0. The van der Waals surface area contributed by atoms with Crippen LogP contribution in [-0.4, -0.2) is 23.3 Å². The van der Waals surface area contributed by atoms with Gasteiger partial charge >= 0.3 is 0 Å². The fourth-order valence-corrected chi connectivity index (χ4v) is 3.37. The number of carbonyl (C=O) groups excluding carboxylic acids is 2. The zero-order valence-corrected chi connectivity index (χ0v) is 15.2. The van der Waals surface area contributed by atoms with Gasteiger partial charge in [-0.25, -0.2) is 4.39 Å². The maximum atomic E-state index is 13.0. The minimum absolute atomic E-state index is 0.00140. The number of carbonyl (C=O) groups is 2. The molecule has 0 saturated heterocycles. The minimum atomic E-state index is -0.385. The van der Waals surface area contributed by atoms with Gasteiger partial charge in [-0.2, -0.15) is 0 Å². The second-order valence-corrected chi connectivity index (χ2v) is 6.80. The second kappa shape index (κ2) is 7.64. The molecule has 0 aromatic heterocycles. The van der Waals surface area contributed by atoms with Gasteiger partial charge in [0.1, 0.15) is 5.82 Å². The molecule has 0 aliphatic carbocycles. The Bertz CT molecular complexity index is 1020. The van der Waals surface area contributed by atoms with E-state index in [4.69, 9.17) is 0 Å². The standard InChI is InChI=1S/C23H19FN2O2/c24-19-8-6-17(7-9-19)22(27)25-20-10-11-21-18(14-20)12-13-26(23(21)28)15-16-4-2-1-3-5-16/h1-11,14H,12-13,15H2,(H,25,27). The molecule has 2 amide bonds. The molecule has 1 aliphatic rings. The van der Waals surface area contributed by atoms with Crippen LogP contribution in [0.3, 0.4) is 0 Å². The molecule has 3 aromatic rings. The van der Waals surface area contributed by atoms with Crippen LogP contribution in [0.5, 0.6) is 0 Å². The maximum absolute atomic E-state index is 13.0. The fraction of sp³-hybridized carbons (Fsp3) is 0.130. The Balaban J connectivity index is 1.48. The highest BCUT2D eigenvalue weighted by Crippen LogP contribution is 2.24. The highest BCUT2D eigenvalue weighted by Gasteiger charge is 2.24. The van der Waals surface area contributed by atoms with E-state index in [9.17, 15) is 14.0 Å². The van der Waals surface area contributed by atoms with E-state index in [1.165, 1.54) is 24.3 Å². The van der Waals surface area contributed by atoms with Crippen molar-refractivity contribution in [2.24, 2.45) is 0 Å². The van der Waals surface area contributed by atoms with Crippen molar-refractivity contribution in [2.45, 2.75) is 13.0 Å². The first-order chi connectivity index (χ1) is 13.6. The Labute approximate surface area is 162 Å². The molecule has 28 heavy (non-hydrogen) atoms. The molecule has 0 bridgehead atoms. The molecule has 0 saturated carbocycles. The van der Waals surface area contributed by atoms with Crippen molar-refractivity contribution in [1.82, 2.24) is 4.90 Å². The monoisotopic (exact) mass is 374 g/mol. The van der Waals surface area contributed by atoms with Crippen molar-refractivity contribution in [3.63, 3.8) is 0 Å². The van der Waals surface area contributed by atoms with Crippen molar-refractivity contribution in [1.29, 1.82) is 0 Å². The molecule has 4 nitrogen and oxygen atoms in total. The summed E-state index contributed by atoms with van der Waals surface area (Å²) in [6.07, 6.45) is 0.730. The molecule has 0 unspecified atom stereocenters. The van der Waals surface area contributed by atoms with Gasteiger partial charge in [-0.15, -0.1) is 0 Å². The molecule has 0 fully saturated rings. The molecule has 1 heterocycles. The predicted octanol–water partition coefficient (Wildman–Crippen LogP) is 4.28. The molecule has 0 atom stereocenters. The molecule has 140 valence electrons. The van der Waals surface area contributed by atoms with Crippen LogP contribution in [0, 0.1) is 5.82 Å². The minimum Gasteiger partial charge on any atom is -0.334 e. The lowest BCUT2D eigenvalue weighted by Crippen LogP contribution is -2.37. The normalized spacial score (nSPS) is 13.2. The smallest absolute Gasteiger partial charge is 0.255 e. The number of hydrogen-bond acceptors (Lipinski definition) is 2. The largest absolute Gasteiger partial charge is 0.334 e. The lowest BCUT2D eigenvalue weighted by Gasteiger charge is -2.29. The average molecular weight is 374 g/mol. The fourth-order valence-electron chi connectivity index (χ4n) is 3.37. The predicted molar refractivity (Wildman–Crippen MR) is 106 cm³/mol. The van der Waals surface area contributed by atoms with Gasteiger partial charge in [0, 0.05) is 29.9 Å². The molecular weight excluding hydrogens is 355 g/mol. The highest BCUT2D eigenvalue weighted by molar-refractivity contribution is 6.05. The zero-order chi connectivity index (χ0) is 19.5. The summed E-state index contributed by atoms with van der Waals surface area (Å²) in [6, 6.07) is 20.6. The Morgan fingerprint density at radius 2 is 1.75 bits per heavy atom. The molecule has 1 N–H and O–H groups in total. The van der Waals surface area contributed by atoms with Crippen LogP contribution in [0.4, 0.5) is 10.1 Å². The van der Waals surface area contributed by atoms with Crippen LogP contribution < -0.4 is 5.32 Å². The maximum Gasteiger partial charge on any atom is 0.255 e. The van der Waals surface area contributed by atoms with Crippen LogP contribution in [-0.2, 0) is 13.0 Å². The van der Waals surface area contributed by atoms with Gasteiger partial charge in [0.15, 0.2) is 0 Å². The molecule has 0 spiro atoms. The first-order valence-electron chi connectivity index (χ1n) is 9.13. The van der Waals surface area contributed by atoms with E-state index in [0.29, 0.717) is 29.9 Å². The van der Waals surface area contributed by atoms with Crippen LogP contribution in [0.25, 0.3) is 0 Å². The SMILES string of the molecule is O=C(Nc1ccc2c(c1)CCN(Cc1ccccc1)C2=O)c1ccc(F)cc1. The van der Waals surface area contributed by atoms with Gasteiger partial charge in [-0.05, 0) is 60.0 Å². The second-order valence-electron chi connectivity index (χ2n) is 6.80. The van der Waals surface area contributed by atoms with Gasteiger partial charge in [-0.1, -0.05) is 30.3 Å². The highest BCUT2D eigenvalue weighted by atomic mass is 19.1. The van der Waals surface area contributed by atoms with E-state index in [1.54, 1.807) is 12.1 Å². The lowest BCUT2D eigenvalue weighted by atomic mass is 9.97. The van der Waals surface area contributed by atoms with Crippen LogP contribution in [0.1, 0.15) is 31.8 Å². The third kappa shape index (κ3) is 3.78. The Morgan fingerprint density at radius 3 is 2.50 bits per heavy atom.